The Kier molecular flexibility index (Phi) is 3.52. The molecule has 1 aliphatic rings. The number of hydrogen-bond acceptors (Lipinski definition) is 3. The van der Waals surface area contributed by atoms with Crippen molar-refractivity contribution in [1.29, 1.82) is 5.26 Å². The van der Waals surface area contributed by atoms with Crippen molar-refractivity contribution in [3.63, 3.8) is 0 Å². The van der Waals surface area contributed by atoms with Crippen LogP contribution >= 0.6 is 0 Å². The van der Waals surface area contributed by atoms with E-state index in [1.54, 1.807) is 18.2 Å². The van der Waals surface area contributed by atoms with Gasteiger partial charge >= 0.3 is 0 Å². The van der Waals surface area contributed by atoms with Crippen LogP contribution in [0.2, 0.25) is 0 Å². The molecule has 0 saturated heterocycles. The average molecular weight is 243 g/mol. The maximum absolute atomic E-state index is 12.1. The molecule has 0 aromatic heterocycles. The minimum absolute atomic E-state index is 0.0136. The molecule has 1 aliphatic carbocycles. The highest BCUT2D eigenvalue weighted by Gasteiger charge is 2.28. The molecule has 0 aliphatic heterocycles. The molecular formula is C14H17N3O. The Morgan fingerprint density at radius 2 is 2.28 bits per heavy atom. The number of rotatable bonds is 2. The predicted molar refractivity (Wildman–Crippen MR) is 69.8 cm³/mol. The van der Waals surface area contributed by atoms with Crippen LogP contribution in [0.15, 0.2) is 18.2 Å². The van der Waals surface area contributed by atoms with Gasteiger partial charge in [0.15, 0.2) is 0 Å². The van der Waals surface area contributed by atoms with E-state index in [2.05, 4.69) is 11.4 Å². The fourth-order valence-electron chi connectivity index (χ4n) is 2.36. The normalized spacial score (nSPS) is 22.4. The smallest absolute Gasteiger partial charge is 0.251 e. The van der Waals surface area contributed by atoms with Crippen LogP contribution in [0.1, 0.15) is 35.2 Å². The van der Waals surface area contributed by atoms with E-state index in [0.717, 1.165) is 24.8 Å². The maximum Gasteiger partial charge on any atom is 0.251 e. The molecule has 1 aromatic rings. The molecule has 0 spiro atoms. The van der Waals surface area contributed by atoms with Gasteiger partial charge in [-0.1, -0.05) is 0 Å². The van der Waals surface area contributed by atoms with Gasteiger partial charge in [-0.2, -0.15) is 5.26 Å². The lowest BCUT2D eigenvalue weighted by Crippen LogP contribution is -2.36. The van der Waals surface area contributed by atoms with Gasteiger partial charge in [0.2, 0.25) is 0 Å². The predicted octanol–water partition coefficient (Wildman–Crippen LogP) is 2.00. The molecule has 0 heterocycles. The van der Waals surface area contributed by atoms with Gasteiger partial charge in [0.25, 0.3) is 5.91 Å². The molecule has 2 atom stereocenters. The number of carbonyl (C=O) groups is 1. The molecule has 2 unspecified atom stereocenters. The standard InChI is InChI=1S/C14H17N3O/c1-9-7-10(5-6-12(9)16)14(18)17-13-4-2-3-11(13)8-15/h5-7,11,13H,2-4,16H2,1H3,(H,17,18). The molecule has 0 bridgehead atoms. The summed E-state index contributed by atoms with van der Waals surface area (Å²) in [5.41, 5.74) is 7.90. The second-order valence-electron chi connectivity index (χ2n) is 4.82. The number of carbonyl (C=O) groups excluding carboxylic acids is 1. The first-order valence-electron chi connectivity index (χ1n) is 6.18. The summed E-state index contributed by atoms with van der Waals surface area (Å²) >= 11 is 0. The fourth-order valence-corrected chi connectivity index (χ4v) is 2.36. The third-order valence-corrected chi connectivity index (χ3v) is 3.53. The summed E-state index contributed by atoms with van der Waals surface area (Å²) in [7, 11) is 0. The second-order valence-corrected chi connectivity index (χ2v) is 4.82. The molecule has 3 N–H and O–H groups in total. The monoisotopic (exact) mass is 243 g/mol. The van der Waals surface area contributed by atoms with Gasteiger partial charge in [-0.05, 0) is 49.9 Å². The van der Waals surface area contributed by atoms with E-state index in [-0.39, 0.29) is 17.9 Å². The van der Waals surface area contributed by atoms with Crippen molar-refractivity contribution in [2.75, 3.05) is 5.73 Å². The Morgan fingerprint density at radius 1 is 1.50 bits per heavy atom. The first-order chi connectivity index (χ1) is 8.61. The minimum Gasteiger partial charge on any atom is -0.399 e. The van der Waals surface area contributed by atoms with Gasteiger partial charge < -0.3 is 11.1 Å². The van der Waals surface area contributed by atoms with E-state index in [1.165, 1.54) is 0 Å². The topological polar surface area (TPSA) is 78.9 Å². The SMILES string of the molecule is Cc1cc(C(=O)NC2CCCC2C#N)ccc1N. The Hall–Kier alpha value is -2.02. The first-order valence-corrected chi connectivity index (χ1v) is 6.18. The van der Waals surface area contributed by atoms with Crippen molar-refractivity contribution in [2.45, 2.75) is 32.2 Å². The van der Waals surface area contributed by atoms with E-state index in [4.69, 9.17) is 11.0 Å². The lowest BCUT2D eigenvalue weighted by Gasteiger charge is -2.16. The lowest BCUT2D eigenvalue weighted by atomic mass is 10.0. The molecule has 94 valence electrons. The van der Waals surface area contributed by atoms with Gasteiger partial charge in [0.05, 0.1) is 12.0 Å². The molecule has 1 amide bonds. The largest absolute Gasteiger partial charge is 0.399 e. The van der Waals surface area contributed by atoms with Crippen molar-refractivity contribution < 1.29 is 4.79 Å². The summed E-state index contributed by atoms with van der Waals surface area (Å²) in [5, 5.41) is 11.9. The molecule has 1 saturated carbocycles. The van der Waals surface area contributed by atoms with Crippen molar-refractivity contribution in [1.82, 2.24) is 5.32 Å². The molecule has 0 radical (unpaired) electrons. The fraction of sp³-hybridized carbons (Fsp3) is 0.429. The van der Waals surface area contributed by atoms with Crippen LogP contribution in [0.5, 0.6) is 0 Å². The van der Waals surface area contributed by atoms with Crippen LogP contribution in [0.25, 0.3) is 0 Å². The summed E-state index contributed by atoms with van der Waals surface area (Å²) in [4.78, 5) is 12.1. The molecule has 4 heteroatoms. The number of nitrogens with two attached hydrogens (primary N) is 1. The zero-order chi connectivity index (χ0) is 13.1. The van der Waals surface area contributed by atoms with Crippen LogP contribution in [-0.4, -0.2) is 11.9 Å². The third-order valence-electron chi connectivity index (χ3n) is 3.53. The Balaban J connectivity index is 2.08. The van der Waals surface area contributed by atoms with Crippen molar-refractivity contribution in [2.24, 2.45) is 5.92 Å². The molecule has 1 aromatic carbocycles. The van der Waals surface area contributed by atoms with E-state index in [9.17, 15) is 4.79 Å². The number of nitrogens with one attached hydrogen (secondary N) is 1. The molecule has 4 nitrogen and oxygen atoms in total. The Morgan fingerprint density at radius 3 is 2.94 bits per heavy atom. The van der Waals surface area contributed by atoms with E-state index in [1.807, 2.05) is 6.92 Å². The number of hydrogen-bond donors (Lipinski definition) is 2. The molecule has 18 heavy (non-hydrogen) atoms. The average Bonchev–Trinajstić information content (AvgIpc) is 2.79. The summed E-state index contributed by atoms with van der Waals surface area (Å²) in [6.07, 6.45) is 2.77. The summed E-state index contributed by atoms with van der Waals surface area (Å²) in [5.74, 6) is -0.172. The highest BCUT2D eigenvalue weighted by atomic mass is 16.1. The van der Waals surface area contributed by atoms with Gasteiger partial charge in [0, 0.05) is 17.3 Å². The molecular weight excluding hydrogens is 226 g/mol. The number of nitriles is 1. The minimum atomic E-state index is -0.120. The highest BCUT2D eigenvalue weighted by molar-refractivity contribution is 5.95. The van der Waals surface area contributed by atoms with E-state index in [0.29, 0.717) is 11.3 Å². The molecule has 1 fully saturated rings. The van der Waals surface area contributed by atoms with Crippen LogP contribution < -0.4 is 11.1 Å². The number of benzene rings is 1. The van der Waals surface area contributed by atoms with E-state index >= 15 is 0 Å². The van der Waals surface area contributed by atoms with Crippen molar-refractivity contribution >= 4 is 11.6 Å². The van der Waals surface area contributed by atoms with Crippen molar-refractivity contribution in [3.05, 3.63) is 29.3 Å². The number of aryl methyl sites for hydroxylation is 1. The first kappa shape index (κ1) is 12.4. The van der Waals surface area contributed by atoms with Gasteiger partial charge in [0.1, 0.15) is 0 Å². The van der Waals surface area contributed by atoms with Crippen LogP contribution in [0, 0.1) is 24.2 Å². The summed E-state index contributed by atoms with van der Waals surface area (Å²) < 4.78 is 0. The lowest BCUT2D eigenvalue weighted by molar-refractivity contribution is 0.0933. The number of amides is 1. The third kappa shape index (κ3) is 2.45. The second kappa shape index (κ2) is 5.09. The zero-order valence-corrected chi connectivity index (χ0v) is 10.4. The maximum atomic E-state index is 12.1. The Labute approximate surface area is 107 Å². The van der Waals surface area contributed by atoms with Crippen molar-refractivity contribution in [3.8, 4) is 6.07 Å². The van der Waals surface area contributed by atoms with Gasteiger partial charge in [-0.3, -0.25) is 4.79 Å². The quantitative estimate of drug-likeness (QED) is 0.780. The highest BCUT2D eigenvalue weighted by Crippen LogP contribution is 2.25. The number of nitrogen functional groups attached to an aromatic ring is 1. The van der Waals surface area contributed by atoms with Crippen LogP contribution in [0.3, 0.4) is 0 Å². The zero-order valence-electron chi connectivity index (χ0n) is 10.4. The van der Waals surface area contributed by atoms with Crippen LogP contribution in [0.4, 0.5) is 5.69 Å². The Bertz CT molecular complexity index is 504. The molecule has 2 rings (SSSR count). The number of anilines is 1. The summed E-state index contributed by atoms with van der Waals surface area (Å²) in [6.45, 7) is 1.87. The van der Waals surface area contributed by atoms with Gasteiger partial charge in [-0.25, -0.2) is 0 Å². The number of nitrogens with zero attached hydrogens (tertiary/aromatic N) is 1. The van der Waals surface area contributed by atoms with Crippen LogP contribution in [-0.2, 0) is 0 Å². The van der Waals surface area contributed by atoms with E-state index < -0.39 is 0 Å². The van der Waals surface area contributed by atoms with Gasteiger partial charge in [-0.15, -0.1) is 0 Å². The summed E-state index contributed by atoms with van der Waals surface area (Å²) in [6, 6.07) is 7.47.